The minimum Gasteiger partial charge on any atom is -0.298 e. The largest absolute Gasteiger partial charge is 0.298 e. The van der Waals surface area contributed by atoms with E-state index in [2.05, 4.69) is 41.8 Å². The lowest BCUT2D eigenvalue weighted by Crippen LogP contribution is -2.18. The van der Waals surface area contributed by atoms with Crippen LogP contribution in [-0.4, -0.2) is 16.1 Å². The number of halogens is 1. The highest BCUT2D eigenvalue weighted by Gasteiger charge is 2.24. The summed E-state index contributed by atoms with van der Waals surface area (Å²) in [4.78, 5) is 10.8. The first kappa shape index (κ1) is 10.4. The zero-order valence-electron chi connectivity index (χ0n) is 8.26. The van der Waals surface area contributed by atoms with Gasteiger partial charge in [0.15, 0.2) is 6.29 Å². The summed E-state index contributed by atoms with van der Waals surface area (Å²) in [6.07, 6.45) is 0.845. The third-order valence-corrected chi connectivity index (χ3v) is 2.45. The van der Waals surface area contributed by atoms with E-state index in [4.69, 9.17) is 0 Å². The smallest absolute Gasteiger partial charge is 0.154 e. The van der Waals surface area contributed by atoms with Crippen LogP contribution in [0.15, 0.2) is 4.60 Å². The predicted molar refractivity (Wildman–Crippen MR) is 55.0 cm³/mol. The van der Waals surface area contributed by atoms with Crippen molar-refractivity contribution in [1.29, 1.82) is 0 Å². The van der Waals surface area contributed by atoms with Crippen LogP contribution in [0.3, 0.4) is 0 Å². The lowest BCUT2D eigenvalue weighted by molar-refractivity contribution is 0.112. The number of hydrogen-bond donors (Lipinski definition) is 0. The van der Waals surface area contributed by atoms with Gasteiger partial charge in [0.1, 0.15) is 4.60 Å². The molecule has 0 aliphatic rings. The van der Waals surface area contributed by atoms with E-state index in [9.17, 15) is 4.79 Å². The van der Waals surface area contributed by atoms with Crippen molar-refractivity contribution in [3.63, 3.8) is 0 Å². The Bertz CT molecular complexity index is 336. The van der Waals surface area contributed by atoms with Crippen LogP contribution in [0, 0.1) is 0 Å². The SMILES string of the molecule is Cn1nc(Br)c(C=O)c1C(C)(C)C. The van der Waals surface area contributed by atoms with Crippen LogP contribution in [0.4, 0.5) is 0 Å². The molecule has 0 saturated heterocycles. The molecule has 4 heteroatoms. The number of aromatic nitrogens is 2. The van der Waals surface area contributed by atoms with E-state index in [1.165, 1.54) is 0 Å². The van der Waals surface area contributed by atoms with E-state index in [1.807, 2.05) is 7.05 Å². The number of hydrogen-bond acceptors (Lipinski definition) is 2. The van der Waals surface area contributed by atoms with Crippen molar-refractivity contribution in [2.24, 2.45) is 7.05 Å². The van der Waals surface area contributed by atoms with Crippen molar-refractivity contribution in [3.05, 3.63) is 15.9 Å². The molecule has 13 heavy (non-hydrogen) atoms. The maximum Gasteiger partial charge on any atom is 0.154 e. The van der Waals surface area contributed by atoms with Gasteiger partial charge >= 0.3 is 0 Å². The lowest BCUT2D eigenvalue weighted by atomic mass is 9.89. The van der Waals surface area contributed by atoms with E-state index in [0.717, 1.165) is 12.0 Å². The van der Waals surface area contributed by atoms with Gasteiger partial charge in [0.25, 0.3) is 0 Å². The fraction of sp³-hybridized carbons (Fsp3) is 0.556. The molecule has 0 atom stereocenters. The molecule has 0 unspecified atom stereocenters. The Labute approximate surface area is 86.3 Å². The summed E-state index contributed by atoms with van der Waals surface area (Å²) >= 11 is 3.26. The predicted octanol–water partition coefficient (Wildman–Crippen LogP) is 2.29. The number of carbonyl (C=O) groups is 1. The normalized spacial score (nSPS) is 11.8. The van der Waals surface area contributed by atoms with Gasteiger partial charge in [-0.25, -0.2) is 0 Å². The first-order valence-corrected chi connectivity index (χ1v) is 4.85. The Balaban J connectivity index is 3.42. The Morgan fingerprint density at radius 2 is 2.00 bits per heavy atom. The topological polar surface area (TPSA) is 34.9 Å². The van der Waals surface area contributed by atoms with Gasteiger partial charge in [0, 0.05) is 12.5 Å². The van der Waals surface area contributed by atoms with Crippen LogP contribution >= 0.6 is 15.9 Å². The molecule has 0 aromatic carbocycles. The van der Waals surface area contributed by atoms with Gasteiger partial charge in [-0.05, 0) is 15.9 Å². The van der Waals surface area contributed by atoms with Crippen LogP contribution in [0.5, 0.6) is 0 Å². The second kappa shape index (κ2) is 3.25. The van der Waals surface area contributed by atoms with Gasteiger partial charge in [-0.3, -0.25) is 9.48 Å². The zero-order valence-corrected chi connectivity index (χ0v) is 9.84. The third kappa shape index (κ3) is 1.82. The Morgan fingerprint density at radius 3 is 2.31 bits per heavy atom. The van der Waals surface area contributed by atoms with Gasteiger partial charge in [-0.2, -0.15) is 5.10 Å². The first-order valence-electron chi connectivity index (χ1n) is 4.06. The maximum atomic E-state index is 10.8. The molecule has 3 nitrogen and oxygen atoms in total. The van der Waals surface area contributed by atoms with Crippen molar-refractivity contribution in [1.82, 2.24) is 9.78 Å². The minimum absolute atomic E-state index is 0.0655. The van der Waals surface area contributed by atoms with Crippen molar-refractivity contribution >= 4 is 22.2 Å². The number of nitrogens with zero attached hydrogens (tertiary/aromatic N) is 2. The van der Waals surface area contributed by atoms with Gasteiger partial charge in [-0.1, -0.05) is 20.8 Å². The number of rotatable bonds is 1. The van der Waals surface area contributed by atoms with Gasteiger partial charge in [-0.15, -0.1) is 0 Å². The first-order chi connectivity index (χ1) is 5.88. The Hall–Kier alpha value is -0.640. The molecule has 0 saturated carbocycles. The van der Waals surface area contributed by atoms with Gasteiger partial charge < -0.3 is 0 Å². The minimum atomic E-state index is -0.0655. The summed E-state index contributed by atoms with van der Waals surface area (Å²) in [6, 6.07) is 0. The van der Waals surface area contributed by atoms with Crippen LogP contribution < -0.4 is 0 Å². The van der Waals surface area contributed by atoms with Crippen LogP contribution in [0.2, 0.25) is 0 Å². The zero-order chi connectivity index (χ0) is 10.2. The Kier molecular flexibility index (Phi) is 2.61. The van der Waals surface area contributed by atoms with Crippen molar-refractivity contribution < 1.29 is 4.79 Å². The molecule has 1 heterocycles. The molecule has 1 rings (SSSR count). The Morgan fingerprint density at radius 1 is 1.46 bits per heavy atom. The molecule has 0 radical (unpaired) electrons. The van der Waals surface area contributed by atoms with Crippen molar-refractivity contribution in [2.75, 3.05) is 0 Å². The number of carbonyl (C=O) groups excluding carboxylic acids is 1. The summed E-state index contributed by atoms with van der Waals surface area (Å²) in [7, 11) is 1.85. The van der Waals surface area contributed by atoms with E-state index >= 15 is 0 Å². The highest BCUT2D eigenvalue weighted by Crippen LogP contribution is 2.28. The van der Waals surface area contributed by atoms with Crippen LogP contribution in [0.1, 0.15) is 36.8 Å². The average molecular weight is 245 g/mol. The van der Waals surface area contributed by atoms with E-state index in [0.29, 0.717) is 10.2 Å². The monoisotopic (exact) mass is 244 g/mol. The van der Waals surface area contributed by atoms with E-state index < -0.39 is 0 Å². The molecule has 0 N–H and O–H groups in total. The quantitative estimate of drug-likeness (QED) is 0.711. The number of aryl methyl sites for hydroxylation is 1. The average Bonchev–Trinajstić information content (AvgIpc) is 2.23. The highest BCUT2D eigenvalue weighted by atomic mass is 79.9. The molecule has 1 aromatic rings. The second-order valence-corrected chi connectivity index (χ2v) is 4.80. The molecule has 0 fully saturated rings. The molecule has 0 aliphatic carbocycles. The van der Waals surface area contributed by atoms with Gasteiger partial charge in [0.2, 0.25) is 0 Å². The molecule has 0 amide bonds. The maximum absolute atomic E-state index is 10.8. The summed E-state index contributed by atoms with van der Waals surface area (Å²) < 4.78 is 2.36. The standard InChI is InChI=1S/C9H13BrN2O/c1-9(2,3)7-6(5-13)8(10)11-12(7)4/h5H,1-4H3. The van der Waals surface area contributed by atoms with E-state index in [1.54, 1.807) is 4.68 Å². The van der Waals surface area contributed by atoms with Crippen LogP contribution in [-0.2, 0) is 12.5 Å². The second-order valence-electron chi connectivity index (χ2n) is 4.04. The molecule has 0 bridgehead atoms. The summed E-state index contributed by atoms with van der Waals surface area (Å²) in [5, 5.41) is 4.15. The molecular formula is C9H13BrN2O. The summed E-state index contributed by atoms with van der Waals surface area (Å²) in [5.74, 6) is 0. The van der Waals surface area contributed by atoms with Gasteiger partial charge in [0.05, 0.1) is 11.3 Å². The fourth-order valence-electron chi connectivity index (χ4n) is 1.50. The molecule has 72 valence electrons. The lowest BCUT2D eigenvalue weighted by Gasteiger charge is -2.19. The van der Waals surface area contributed by atoms with Crippen LogP contribution in [0.25, 0.3) is 0 Å². The third-order valence-electron chi connectivity index (χ3n) is 1.87. The number of aldehydes is 1. The van der Waals surface area contributed by atoms with Crippen molar-refractivity contribution in [3.8, 4) is 0 Å². The van der Waals surface area contributed by atoms with Crippen molar-refractivity contribution in [2.45, 2.75) is 26.2 Å². The van der Waals surface area contributed by atoms with E-state index in [-0.39, 0.29) is 5.41 Å². The molecular weight excluding hydrogens is 232 g/mol. The molecule has 0 aliphatic heterocycles. The molecule has 0 spiro atoms. The summed E-state index contributed by atoms with van der Waals surface area (Å²) in [6.45, 7) is 6.18. The summed E-state index contributed by atoms with van der Waals surface area (Å²) in [5.41, 5.74) is 1.54. The molecule has 1 aromatic heterocycles. The fourth-order valence-corrected chi connectivity index (χ4v) is 2.02. The highest BCUT2D eigenvalue weighted by molar-refractivity contribution is 9.10.